The molecule has 1 saturated carbocycles. The third kappa shape index (κ3) is 4.61. The van der Waals surface area contributed by atoms with Crippen LogP contribution in [0.2, 0.25) is 0 Å². The molecule has 1 aliphatic carbocycles. The second kappa shape index (κ2) is 7.66. The van der Waals surface area contributed by atoms with Crippen molar-refractivity contribution in [2.45, 2.75) is 39.0 Å². The first-order valence-corrected chi connectivity index (χ1v) is 8.26. The molecular weight excluding hydrogens is 385 g/mol. The van der Waals surface area contributed by atoms with Crippen LogP contribution < -0.4 is 5.73 Å². The Labute approximate surface area is 151 Å². The van der Waals surface area contributed by atoms with Gasteiger partial charge in [-0.2, -0.15) is 0 Å². The number of nitrogens with zero attached hydrogens (tertiary/aromatic N) is 2. The molecule has 1 aliphatic heterocycles. The molecule has 0 aromatic heterocycles. The van der Waals surface area contributed by atoms with Crippen molar-refractivity contribution in [1.82, 2.24) is 4.90 Å². The van der Waals surface area contributed by atoms with Gasteiger partial charge in [0, 0.05) is 19.6 Å². The number of hydrogen-bond donors (Lipinski definition) is 1. The summed E-state index contributed by atoms with van der Waals surface area (Å²) in [7, 11) is 0. The maximum absolute atomic E-state index is 6.21. The average Bonchev–Trinajstić information content (AvgIpc) is 3.26. The number of aliphatic imine (C=N–C) groups is 1. The van der Waals surface area contributed by atoms with E-state index >= 15 is 0 Å². The molecular formula is C18H28IN3. The smallest absolute Gasteiger partial charge is 0.191 e. The minimum absolute atomic E-state index is 0. The monoisotopic (exact) mass is 413 g/mol. The molecule has 1 heterocycles. The standard InChI is InChI=1S/C18H27N3.HI/c1-15-6-5-11-21(13-15)17(19)20-14-18(9-10-18)12-16-7-3-2-4-8-16;/h2-4,7-8,15H,5-6,9-14H2,1H3,(H2,19,20);1H. The van der Waals surface area contributed by atoms with E-state index < -0.39 is 0 Å². The quantitative estimate of drug-likeness (QED) is 0.465. The zero-order chi connectivity index (χ0) is 14.7. The van der Waals surface area contributed by atoms with Crippen LogP contribution in [0.3, 0.4) is 0 Å². The maximum atomic E-state index is 6.21. The van der Waals surface area contributed by atoms with Crippen LogP contribution >= 0.6 is 24.0 Å². The normalized spacial score (nSPS) is 23.8. The molecule has 1 saturated heterocycles. The topological polar surface area (TPSA) is 41.6 Å². The fraction of sp³-hybridized carbons (Fsp3) is 0.611. The average molecular weight is 413 g/mol. The minimum Gasteiger partial charge on any atom is -0.370 e. The Morgan fingerprint density at radius 1 is 1.32 bits per heavy atom. The minimum atomic E-state index is 0. The number of benzene rings is 1. The molecule has 0 bridgehead atoms. The molecule has 3 nitrogen and oxygen atoms in total. The van der Waals surface area contributed by atoms with Crippen LogP contribution in [-0.4, -0.2) is 30.5 Å². The summed E-state index contributed by atoms with van der Waals surface area (Å²) < 4.78 is 0. The molecule has 2 aliphatic rings. The summed E-state index contributed by atoms with van der Waals surface area (Å²) in [6, 6.07) is 10.8. The van der Waals surface area contributed by atoms with Crippen LogP contribution in [-0.2, 0) is 6.42 Å². The van der Waals surface area contributed by atoms with Crippen LogP contribution in [0.4, 0.5) is 0 Å². The van der Waals surface area contributed by atoms with E-state index in [1.165, 1.54) is 31.2 Å². The maximum Gasteiger partial charge on any atom is 0.191 e. The predicted octanol–water partition coefficient (Wildman–Crippen LogP) is 3.67. The summed E-state index contributed by atoms with van der Waals surface area (Å²) >= 11 is 0. The van der Waals surface area contributed by atoms with Crippen molar-refractivity contribution in [3.05, 3.63) is 35.9 Å². The Bertz CT molecular complexity index is 496. The van der Waals surface area contributed by atoms with Gasteiger partial charge in [-0.3, -0.25) is 4.99 Å². The summed E-state index contributed by atoms with van der Waals surface area (Å²) in [5.41, 5.74) is 8.02. The molecule has 0 spiro atoms. The molecule has 4 heteroatoms. The van der Waals surface area contributed by atoms with Gasteiger partial charge in [-0.15, -0.1) is 24.0 Å². The van der Waals surface area contributed by atoms with Crippen molar-refractivity contribution in [2.75, 3.05) is 19.6 Å². The van der Waals surface area contributed by atoms with E-state index in [1.807, 2.05) is 0 Å². The molecule has 1 aromatic carbocycles. The highest BCUT2D eigenvalue weighted by Gasteiger charge is 2.42. The molecule has 3 rings (SSSR count). The fourth-order valence-corrected chi connectivity index (χ4v) is 3.34. The van der Waals surface area contributed by atoms with Crippen molar-refractivity contribution in [3.63, 3.8) is 0 Å². The number of rotatable bonds is 4. The van der Waals surface area contributed by atoms with E-state index in [1.54, 1.807) is 0 Å². The molecule has 1 unspecified atom stereocenters. The molecule has 22 heavy (non-hydrogen) atoms. The van der Waals surface area contributed by atoms with Gasteiger partial charge in [0.1, 0.15) is 0 Å². The Morgan fingerprint density at radius 3 is 2.68 bits per heavy atom. The van der Waals surface area contributed by atoms with Crippen molar-refractivity contribution in [2.24, 2.45) is 22.1 Å². The van der Waals surface area contributed by atoms with Crippen LogP contribution in [0.25, 0.3) is 0 Å². The number of hydrogen-bond acceptors (Lipinski definition) is 1. The number of likely N-dealkylation sites (tertiary alicyclic amines) is 1. The van der Waals surface area contributed by atoms with Gasteiger partial charge in [-0.25, -0.2) is 0 Å². The zero-order valence-corrected chi connectivity index (χ0v) is 15.8. The zero-order valence-electron chi connectivity index (χ0n) is 13.5. The van der Waals surface area contributed by atoms with Crippen molar-refractivity contribution in [3.8, 4) is 0 Å². The third-order valence-corrected chi connectivity index (χ3v) is 4.94. The molecule has 122 valence electrons. The molecule has 0 amide bonds. The lowest BCUT2D eigenvalue weighted by Gasteiger charge is -2.31. The van der Waals surface area contributed by atoms with E-state index in [4.69, 9.17) is 10.7 Å². The van der Waals surface area contributed by atoms with Gasteiger partial charge in [-0.1, -0.05) is 37.3 Å². The lowest BCUT2D eigenvalue weighted by molar-refractivity contribution is 0.269. The molecule has 2 fully saturated rings. The first-order valence-electron chi connectivity index (χ1n) is 8.26. The van der Waals surface area contributed by atoms with Crippen LogP contribution in [0.5, 0.6) is 0 Å². The predicted molar refractivity (Wildman–Crippen MR) is 104 cm³/mol. The first kappa shape index (κ1) is 17.6. The Morgan fingerprint density at radius 2 is 2.05 bits per heavy atom. The largest absolute Gasteiger partial charge is 0.370 e. The van der Waals surface area contributed by atoms with E-state index in [-0.39, 0.29) is 24.0 Å². The SMILES string of the molecule is CC1CCCN(C(N)=NCC2(Cc3ccccc3)CC2)C1.I. The Balaban J connectivity index is 0.00000176. The molecule has 1 atom stereocenters. The summed E-state index contributed by atoms with van der Waals surface area (Å²) in [5.74, 6) is 1.51. The van der Waals surface area contributed by atoms with Gasteiger partial charge in [0.15, 0.2) is 5.96 Å². The number of guanidine groups is 1. The van der Waals surface area contributed by atoms with Crippen molar-refractivity contribution >= 4 is 29.9 Å². The van der Waals surface area contributed by atoms with Gasteiger partial charge in [0.05, 0.1) is 0 Å². The highest BCUT2D eigenvalue weighted by molar-refractivity contribution is 14.0. The van der Waals surface area contributed by atoms with Gasteiger partial charge < -0.3 is 10.6 Å². The van der Waals surface area contributed by atoms with Gasteiger partial charge >= 0.3 is 0 Å². The Kier molecular flexibility index (Phi) is 6.12. The van der Waals surface area contributed by atoms with Crippen LogP contribution in [0.1, 0.15) is 38.2 Å². The summed E-state index contributed by atoms with van der Waals surface area (Å²) in [4.78, 5) is 7.00. The summed E-state index contributed by atoms with van der Waals surface area (Å²) in [6.45, 7) is 5.34. The highest BCUT2D eigenvalue weighted by Crippen LogP contribution is 2.48. The van der Waals surface area contributed by atoms with Gasteiger partial charge in [0.25, 0.3) is 0 Å². The van der Waals surface area contributed by atoms with E-state index in [0.29, 0.717) is 5.41 Å². The van der Waals surface area contributed by atoms with Crippen LogP contribution in [0, 0.1) is 11.3 Å². The van der Waals surface area contributed by atoms with Crippen molar-refractivity contribution in [1.29, 1.82) is 0 Å². The number of nitrogens with two attached hydrogens (primary N) is 1. The summed E-state index contributed by atoms with van der Waals surface area (Å²) in [5, 5.41) is 0. The van der Waals surface area contributed by atoms with E-state index in [0.717, 1.165) is 37.9 Å². The summed E-state index contributed by atoms with van der Waals surface area (Å²) in [6.07, 6.45) is 6.28. The lowest BCUT2D eigenvalue weighted by Crippen LogP contribution is -2.43. The second-order valence-electron chi connectivity index (χ2n) is 7.03. The third-order valence-electron chi connectivity index (χ3n) is 4.94. The second-order valence-corrected chi connectivity index (χ2v) is 7.03. The van der Waals surface area contributed by atoms with E-state index in [9.17, 15) is 0 Å². The lowest BCUT2D eigenvalue weighted by atomic mass is 9.97. The number of piperidine rings is 1. The number of halogens is 1. The molecule has 2 N–H and O–H groups in total. The van der Waals surface area contributed by atoms with Gasteiger partial charge in [-0.05, 0) is 49.0 Å². The van der Waals surface area contributed by atoms with E-state index in [2.05, 4.69) is 42.2 Å². The molecule has 0 radical (unpaired) electrons. The van der Waals surface area contributed by atoms with Crippen molar-refractivity contribution < 1.29 is 0 Å². The molecule has 1 aromatic rings. The fourth-order valence-electron chi connectivity index (χ4n) is 3.34. The first-order chi connectivity index (χ1) is 10.2. The van der Waals surface area contributed by atoms with Crippen LogP contribution in [0.15, 0.2) is 35.3 Å². The Hall–Kier alpha value is -0.780. The van der Waals surface area contributed by atoms with Gasteiger partial charge in [0.2, 0.25) is 0 Å². The highest BCUT2D eigenvalue weighted by atomic mass is 127.